The highest BCUT2D eigenvalue weighted by atomic mass is 15.1. The lowest BCUT2D eigenvalue weighted by molar-refractivity contribution is 0.905. The number of guanidine groups is 1. The Hall–Kier alpha value is -1.51. The second-order valence-corrected chi connectivity index (χ2v) is 3.03. The molecule has 1 rings (SSSR count). The summed E-state index contributed by atoms with van der Waals surface area (Å²) in [6.07, 6.45) is 0.937. The number of aliphatic imine (C=N–C) groups is 1. The van der Waals surface area contributed by atoms with Crippen molar-refractivity contribution in [1.29, 1.82) is 0 Å². The molecule has 0 fully saturated rings. The molecule has 0 spiro atoms. The third-order valence-corrected chi connectivity index (χ3v) is 1.88. The van der Waals surface area contributed by atoms with Crippen LogP contribution >= 0.6 is 0 Å². The Morgan fingerprint density at radius 2 is 2.07 bits per heavy atom. The van der Waals surface area contributed by atoms with Crippen molar-refractivity contribution < 1.29 is 0 Å². The van der Waals surface area contributed by atoms with Crippen molar-refractivity contribution in [1.82, 2.24) is 5.32 Å². The Kier molecular flexibility index (Phi) is 4.55. The van der Waals surface area contributed by atoms with Crippen LogP contribution in [0.15, 0.2) is 35.3 Å². The molecule has 3 nitrogen and oxygen atoms in total. The van der Waals surface area contributed by atoms with Gasteiger partial charge in [0.1, 0.15) is 0 Å². The molecule has 0 aromatic heterocycles. The zero-order valence-electron chi connectivity index (χ0n) is 8.53. The van der Waals surface area contributed by atoms with E-state index in [1.807, 2.05) is 25.1 Å². The van der Waals surface area contributed by atoms with Crippen LogP contribution in [0.2, 0.25) is 0 Å². The minimum Gasteiger partial charge on any atom is -0.370 e. The lowest BCUT2D eigenvalue weighted by Gasteiger charge is -2.01. The highest BCUT2D eigenvalue weighted by Gasteiger charge is 1.90. The van der Waals surface area contributed by atoms with Crippen LogP contribution in [0.25, 0.3) is 0 Å². The van der Waals surface area contributed by atoms with E-state index in [9.17, 15) is 0 Å². The maximum atomic E-state index is 5.59. The monoisotopic (exact) mass is 191 g/mol. The largest absolute Gasteiger partial charge is 0.370 e. The number of hydrogen-bond donors (Lipinski definition) is 2. The van der Waals surface area contributed by atoms with E-state index in [0.29, 0.717) is 5.96 Å². The topological polar surface area (TPSA) is 50.4 Å². The summed E-state index contributed by atoms with van der Waals surface area (Å²) in [5, 5.41) is 2.96. The first kappa shape index (κ1) is 10.6. The van der Waals surface area contributed by atoms with Crippen LogP contribution < -0.4 is 11.1 Å². The fourth-order valence-electron chi connectivity index (χ4n) is 1.19. The average molecular weight is 191 g/mol. The Bertz CT molecular complexity index is 280. The molecule has 1 aromatic carbocycles. The van der Waals surface area contributed by atoms with Crippen molar-refractivity contribution in [3.05, 3.63) is 35.9 Å². The maximum Gasteiger partial charge on any atom is 0.188 e. The molecule has 0 aliphatic heterocycles. The van der Waals surface area contributed by atoms with E-state index in [2.05, 4.69) is 22.4 Å². The number of benzene rings is 1. The smallest absolute Gasteiger partial charge is 0.188 e. The summed E-state index contributed by atoms with van der Waals surface area (Å²) < 4.78 is 0. The van der Waals surface area contributed by atoms with Crippen molar-refractivity contribution in [3.8, 4) is 0 Å². The summed E-state index contributed by atoms with van der Waals surface area (Å²) in [5.74, 6) is 0.531. The van der Waals surface area contributed by atoms with Crippen LogP contribution in [-0.4, -0.2) is 19.0 Å². The van der Waals surface area contributed by atoms with E-state index in [-0.39, 0.29) is 0 Å². The van der Waals surface area contributed by atoms with Crippen LogP contribution in [0.5, 0.6) is 0 Å². The molecular weight excluding hydrogens is 174 g/mol. The van der Waals surface area contributed by atoms with Crippen molar-refractivity contribution in [2.45, 2.75) is 13.3 Å². The quantitative estimate of drug-likeness (QED) is 0.554. The Labute approximate surface area is 85.0 Å². The predicted molar refractivity (Wildman–Crippen MR) is 60.3 cm³/mol. The predicted octanol–water partition coefficient (Wildman–Crippen LogP) is 1.15. The van der Waals surface area contributed by atoms with Crippen LogP contribution in [-0.2, 0) is 6.42 Å². The lowest BCUT2D eigenvalue weighted by atomic mass is 10.2. The summed E-state index contributed by atoms with van der Waals surface area (Å²) in [5.41, 5.74) is 6.88. The molecule has 0 saturated carbocycles. The van der Waals surface area contributed by atoms with E-state index in [1.54, 1.807) is 0 Å². The minimum atomic E-state index is 0.531. The molecule has 76 valence electrons. The van der Waals surface area contributed by atoms with Crippen LogP contribution in [0.4, 0.5) is 0 Å². The molecule has 3 N–H and O–H groups in total. The Morgan fingerprint density at radius 1 is 1.36 bits per heavy atom. The first-order valence-corrected chi connectivity index (χ1v) is 4.90. The van der Waals surface area contributed by atoms with Gasteiger partial charge in [0.25, 0.3) is 0 Å². The molecule has 0 saturated heterocycles. The van der Waals surface area contributed by atoms with E-state index in [0.717, 1.165) is 19.5 Å². The van der Waals surface area contributed by atoms with E-state index in [4.69, 9.17) is 5.73 Å². The number of nitrogens with two attached hydrogens (primary N) is 1. The van der Waals surface area contributed by atoms with Crippen LogP contribution in [0, 0.1) is 0 Å². The van der Waals surface area contributed by atoms with Crippen molar-refractivity contribution in [2.75, 3.05) is 13.1 Å². The molecular formula is C11H17N3. The van der Waals surface area contributed by atoms with Crippen molar-refractivity contribution in [2.24, 2.45) is 10.7 Å². The first-order valence-electron chi connectivity index (χ1n) is 4.90. The third-order valence-electron chi connectivity index (χ3n) is 1.88. The summed E-state index contributed by atoms with van der Waals surface area (Å²) in [6, 6.07) is 10.3. The van der Waals surface area contributed by atoms with Gasteiger partial charge in [0.15, 0.2) is 5.96 Å². The molecule has 0 atom stereocenters. The van der Waals surface area contributed by atoms with E-state index < -0.39 is 0 Å². The Balaban J connectivity index is 2.31. The molecule has 3 heteroatoms. The second-order valence-electron chi connectivity index (χ2n) is 3.03. The first-order chi connectivity index (χ1) is 6.83. The normalized spacial score (nSPS) is 11.4. The third kappa shape index (κ3) is 3.94. The zero-order valence-corrected chi connectivity index (χ0v) is 8.53. The van der Waals surface area contributed by atoms with Gasteiger partial charge in [-0.15, -0.1) is 0 Å². The second kappa shape index (κ2) is 6.02. The summed E-state index contributed by atoms with van der Waals surface area (Å²) >= 11 is 0. The Morgan fingerprint density at radius 3 is 2.71 bits per heavy atom. The van der Waals surface area contributed by atoms with Gasteiger partial charge in [0.05, 0.1) is 0 Å². The molecule has 0 radical (unpaired) electrons. The number of nitrogens with one attached hydrogen (secondary N) is 1. The van der Waals surface area contributed by atoms with E-state index >= 15 is 0 Å². The summed E-state index contributed by atoms with van der Waals surface area (Å²) in [7, 11) is 0. The maximum absolute atomic E-state index is 5.59. The molecule has 1 aromatic rings. The fraction of sp³-hybridized carbons (Fsp3) is 0.364. The molecule has 14 heavy (non-hydrogen) atoms. The van der Waals surface area contributed by atoms with Crippen LogP contribution in [0.1, 0.15) is 12.5 Å². The molecule has 0 aliphatic carbocycles. The highest BCUT2D eigenvalue weighted by molar-refractivity contribution is 5.77. The van der Waals surface area contributed by atoms with Gasteiger partial charge in [-0.3, -0.25) is 4.99 Å². The molecule has 0 unspecified atom stereocenters. The molecule has 0 heterocycles. The van der Waals surface area contributed by atoms with Gasteiger partial charge < -0.3 is 11.1 Å². The SMILES string of the molecule is CCNC(N)=NCCc1ccccc1. The molecule has 0 aliphatic rings. The zero-order chi connectivity index (χ0) is 10.2. The van der Waals surface area contributed by atoms with Crippen molar-refractivity contribution >= 4 is 5.96 Å². The number of nitrogens with zero attached hydrogens (tertiary/aromatic N) is 1. The highest BCUT2D eigenvalue weighted by Crippen LogP contribution is 1.98. The van der Waals surface area contributed by atoms with Gasteiger partial charge in [0, 0.05) is 13.1 Å². The van der Waals surface area contributed by atoms with Gasteiger partial charge in [0.2, 0.25) is 0 Å². The standard InChI is InChI=1S/C11H17N3/c1-2-13-11(12)14-9-8-10-6-4-3-5-7-10/h3-7H,2,8-9H2,1H3,(H3,12,13,14). The fourth-order valence-corrected chi connectivity index (χ4v) is 1.19. The minimum absolute atomic E-state index is 0.531. The van der Waals surface area contributed by atoms with Gasteiger partial charge in [-0.1, -0.05) is 30.3 Å². The van der Waals surface area contributed by atoms with Gasteiger partial charge >= 0.3 is 0 Å². The van der Waals surface area contributed by atoms with Gasteiger partial charge in [-0.2, -0.15) is 0 Å². The number of rotatable bonds is 4. The molecule has 0 bridgehead atoms. The molecule has 0 amide bonds. The van der Waals surface area contributed by atoms with Gasteiger partial charge in [-0.25, -0.2) is 0 Å². The number of hydrogen-bond acceptors (Lipinski definition) is 1. The lowest BCUT2D eigenvalue weighted by Crippen LogP contribution is -2.31. The van der Waals surface area contributed by atoms with Gasteiger partial charge in [-0.05, 0) is 18.9 Å². The van der Waals surface area contributed by atoms with Crippen molar-refractivity contribution in [3.63, 3.8) is 0 Å². The summed E-state index contributed by atoms with van der Waals surface area (Å²) in [6.45, 7) is 3.56. The van der Waals surface area contributed by atoms with E-state index in [1.165, 1.54) is 5.56 Å². The summed E-state index contributed by atoms with van der Waals surface area (Å²) in [4.78, 5) is 4.19. The average Bonchev–Trinajstić information content (AvgIpc) is 2.20. The van der Waals surface area contributed by atoms with Crippen LogP contribution in [0.3, 0.4) is 0 Å².